The predicted molar refractivity (Wildman–Crippen MR) is 77.2 cm³/mol. The summed E-state index contributed by atoms with van der Waals surface area (Å²) in [5.41, 5.74) is 5.65. The summed E-state index contributed by atoms with van der Waals surface area (Å²) in [5, 5.41) is 0. The summed E-state index contributed by atoms with van der Waals surface area (Å²) in [7, 11) is 0.954. The van der Waals surface area contributed by atoms with Crippen molar-refractivity contribution in [3.05, 3.63) is 12.1 Å². The number of benzene rings is 1. The fraction of sp³-hybridized carbons (Fsp3) is 0.500. The van der Waals surface area contributed by atoms with E-state index in [-0.39, 0.29) is 5.75 Å². The third-order valence-corrected chi connectivity index (χ3v) is 3.93. The summed E-state index contributed by atoms with van der Waals surface area (Å²) in [6.45, 7) is 0.316. The summed E-state index contributed by atoms with van der Waals surface area (Å²) in [6.07, 6.45) is 0.389. The molecule has 0 saturated heterocycles. The van der Waals surface area contributed by atoms with Gasteiger partial charge in [-0.2, -0.15) is 0 Å². The lowest BCUT2D eigenvalue weighted by Gasteiger charge is -2.15. The minimum atomic E-state index is -3.45. The molecule has 8 heteroatoms. The summed E-state index contributed by atoms with van der Waals surface area (Å²) in [4.78, 5) is 0. The first kappa shape index (κ1) is 16.4. The summed E-state index contributed by atoms with van der Waals surface area (Å²) in [6, 6.07) is 3.06. The van der Waals surface area contributed by atoms with Crippen LogP contribution in [-0.2, 0) is 10.0 Å². The predicted octanol–water partition coefficient (Wildman–Crippen LogP) is 0.803. The van der Waals surface area contributed by atoms with E-state index in [0.29, 0.717) is 35.9 Å². The number of nitrogens with one attached hydrogen (secondary N) is 1. The standard InChI is InChI=1S/C12H20N2O5S/c1-17-10-7-9(8-11(18-2)12(10)19-3)14-20(15,16)6-4-5-13/h7-8,14H,4-6,13H2,1-3H3. The van der Waals surface area contributed by atoms with Crippen LogP contribution in [0.4, 0.5) is 5.69 Å². The molecular formula is C12H20N2O5S. The van der Waals surface area contributed by atoms with E-state index >= 15 is 0 Å². The molecule has 1 rings (SSSR count). The molecule has 0 fully saturated rings. The average Bonchev–Trinajstić information content (AvgIpc) is 2.43. The highest BCUT2D eigenvalue weighted by atomic mass is 32.2. The van der Waals surface area contributed by atoms with Crippen LogP contribution in [0.5, 0.6) is 17.2 Å². The van der Waals surface area contributed by atoms with Gasteiger partial charge in [0.25, 0.3) is 0 Å². The quantitative estimate of drug-likeness (QED) is 0.737. The van der Waals surface area contributed by atoms with E-state index in [0.717, 1.165) is 0 Å². The van der Waals surface area contributed by atoms with Crippen LogP contribution in [0.1, 0.15) is 6.42 Å². The van der Waals surface area contributed by atoms with Gasteiger partial charge in [-0.25, -0.2) is 8.42 Å². The Kier molecular flexibility index (Phi) is 5.90. The number of sulfonamides is 1. The lowest BCUT2D eigenvalue weighted by Crippen LogP contribution is -2.19. The second kappa shape index (κ2) is 7.20. The number of methoxy groups -OCH3 is 3. The Morgan fingerprint density at radius 1 is 1.10 bits per heavy atom. The van der Waals surface area contributed by atoms with Gasteiger partial charge in [-0.1, -0.05) is 0 Å². The molecule has 3 N–H and O–H groups in total. The average molecular weight is 304 g/mol. The van der Waals surface area contributed by atoms with Crippen LogP contribution < -0.4 is 24.7 Å². The van der Waals surface area contributed by atoms with Gasteiger partial charge in [0.05, 0.1) is 32.8 Å². The molecular weight excluding hydrogens is 284 g/mol. The minimum Gasteiger partial charge on any atom is -0.493 e. The molecule has 1 aromatic rings. The zero-order chi connectivity index (χ0) is 15.2. The lowest BCUT2D eigenvalue weighted by molar-refractivity contribution is 0.325. The molecule has 0 saturated carbocycles. The summed E-state index contributed by atoms with van der Waals surface area (Å²) >= 11 is 0. The Bertz CT molecular complexity index is 520. The Balaban J connectivity index is 3.08. The number of rotatable bonds is 8. The summed E-state index contributed by atoms with van der Waals surface area (Å²) in [5.74, 6) is 1.12. The Labute approximate surface area is 119 Å². The highest BCUT2D eigenvalue weighted by Crippen LogP contribution is 2.40. The third-order valence-electron chi connectivity index (χ3n) is 2.56. The van der Waals surface area contributed by atoms with Crippen LogP contribution in [0, 0.1) is 0 Å². The Morgan fingerprint density at radius 2 is 1.65 bits per heavy atom. The van der Waals surface area contributed by atoms with Gasteiger partial charge in [0, 0.05) is 12.1 Å². The SMILES string of the molecule is COc1cc(NS(=O)(=O)CCCN)cc(OC)c1OC. The van der Waals surface area contributed by atoms with Gasteiger partial charge < -0.3 is 19.9 Å². The van der Waals surface area contributed by atoms with E-state index in [9.17, 15) is 8.42 Å². The number of ether oxygens (including phenoxy) is 3. The number of hydrogen-bond acceptors (Lipinski definition) is 6. The number of anilines is 1. The third kappa shape index (κ3) is 4.17. The van der Waals surface area contributed by atoms with Crippen molar-refractivity contribution in [2.75, 3.05) is 38.3 Å². The maximum atomic E-state index is 11.8. The molecule has 0 aliphatic carbocycles. The van der Waals surface area contributed by atoms with Crippen LogP contribution in [0.15, 0.2) is 12.1 Å². The molecule has 0 atom stereocenters. The molecule has 0 unspecified atom stereocenters. The Hall–Kier alpha value is -1.67. The molecule has 0 bridgehead atoms. The fourth-order valence-electron chi connectivity index (χ4n) is 1.64. The van der Waals surface area contributed by atoms with Crippen molar-refractivity contribution in [1.82, 2.24) is 0 Å². The maximum Gasteiger partial charge on any atom is 0.232 e. The van der Waals surface area contributed by atoms with Crippen LogP contribution in [0.2, 0.25) is 0 Å². The van der Waals surface area contributed by atoms with Crippen molar-refractivity contribution in [3.63, 3.8) is 0 Å². The van der Waals surface area contributed by atoms with E-state index in [1.807, 2.05) is 0 Å². The molecule has 0 amide bonds. The van der Waals surface area contributed by atoms with Gasteiger partial charge >= 0.3 is 0 Å². The Morgan fingerprint density at radius 3 is 2.05 bits per heavy atom. The first-order chi connectivity index (χ1) is 9.47. The normalized spacial score (nSPS) is 11.0. The summed E-state index contributed by atoms with van der Waals surface area (Å²) < 4.78 is 41.6. The molecule has 7 nitrogen and oxygen atoms in total. The van der Waals surface area contributed by atoms with E-state index in [2.05, 4.69) is 4.72 Å². The minimum absolute atomic E-state index is 0.0415. The van der Waals surface area contributed by atoms with Crippen molar-refractivity contribution >= 4 is 15.7 Å². The van der Waals surface area contributed by atoms with Gasteiger partial charge in [-0.15, -0.1) is 0 Å². The molecule has 0 heterocycles. The fourth-order valence-corrected chi connectivity index (χ4v) is 2.77. The van der Waals surface area contributed by atoms with Gasteiger partial charge in [0.2, 0.25) is 15.8 Å². The smallest absolute Gasteiger partial charge is 0.232 e. The number of nitrogens with two attached hydrogens (primary N) is 1. The molecule has 0 aliphatic rings. The first-order valence-corrected chi connectivity index (χ1v) is 7.63. The maximum absolute atomic E-state index is 11.8. The molecule has 1 aromatic carbocycles. The lowest BCUT2D eigenvalue weighted by atomic mass is 10.2. The van der Waals surface area contributed by atoms with Gasteiger partial charge in [0.15, 0.2) is 11.5 Å². The van der Waals surface area contributed by atoms with Gasteiger partial charge in [-0.05, 0) is 13.0 Å². The molecule has 0 aliphatic heterocycles. The van der Waals surface area contributed by atoms with Crippen molar-refractivity contribution in [2.24, 2.45) is 5.73 Å². The topological polar surface area (TPSA) is 99.9 Å². The van der Waals surface area contributed by atoms with Crippen LogP contribution >= 0.6 is 0 Å². The largest absolute Gasteiger partial charge is 0.493 e. The second-order valence-corrected chi connectivity index (χ2v) is 5.82. The highest BCUT2D eigenvalue weighted by molar-refractivity contribution is 7.92. The number of hydrogen-bond donors (Lipinski definition) is 2. The van der Waals surface area contributed by atoms with Crippen molar-refractivity contribution in [2.45, 2.75) is 6.42 Å². The monoisotopic (exact) mass is 304 g/mol. The first-order valence-electron chi connectivity index (χ1n) is 5.98. The van der Waals surface area contributed by atoms with Gasteiger partial charge in [0.1, 0.15) is 0 Å². The van der Waals surface area contributed by atoms with Crippen molar-refractivity contribution in [1.29, 1.82) is 0 Å². The van der Waals surface area contributed by atoms with Crippen LogP contribution in [0.3, 0.4) is 0 Å². The van der Waals surface area contributed by atoms with Crippen LogP contribution in [-0.4, -0.2) is 42.0 Å². The molecule has 20 heavy (non-hydrogen) atoms. The van der Waals surface area contributed by atoms with Crippen LogP contribution in [0.25, 0.3) is 0 Å². The molecule has 114 valence electrons. The van der Waals surface area contributed by atoms with E-state index in [1.54, 1.807) is 0 Å². The molecule has 0 aromatic heterocycles. The van der Waals surface area contributed by atoms with E-state index in [1.165, 1.54) is 33.5 Å². The zero-order valence-corrected chi connectivity index (χ0v) is 12.6. The van der Waals surface area contributed by atoms with Crippen molar-refractivity contribution < 1.29 is 22.6 Å². The molecule has 0 spiro atoms. The second-order valence-electron chi connectivity index (χ2n) is 3.98. The highest BCUT2D eigenvalue weighted by Gasteiger charge is 2.16. The van der Waals surface area contributed by atoms with E-state index < -0.39 is 10.0 Å². The van der Waals surface area contributed by atoms with Gasteiger partial charge in [-0.3, -0.25) is 4.72 Å². The zero-order valence-electron chi connectivity index (χ0n) is 11.8. The van der Waals surface area contributed by atoms with E-state index in [4.69, 9.17) is 19.9 Å². The molecule has 0 radical (unpaired) electrons. The van der Waals surface area contributed by atoms with Crippen molar-refractivity contribution in [3.8, 4) is 17.2 Å².